The fourth-order valence-electron chi connectivity index (χ4n) is 0.948. The zero-order chi connectivity index (χ0) is 6.27. The van der Waals surface area contributed by atoms with Gasteiger partial charge in [0.15, 0.2) is 0 Å². The Bertz CT molecular complexity index is 269. The first-order valence-corrected chi connectivity index (χ1v) is 2.72. The van der Waals surface area contributed by atoms with Gasteiger partial charge in [0.05, 0.1) is 0 Å². The first-order valence-electron chi connectivity index (χ1n) is 2.72. The molecule has 0 bridgehead atoms. The number of fused-ring (bicyclic) bond motifs is 1. The summed E-state index contributed by atoms with van der Waals surface area (Å²) in [5.74, 6) is 0.322. The van der Waals surface area contributed by atoms with Gasteiger partial charge in [-0.2, -0.15) is 0 Å². The van der Waals surface area contributed by atoms with Crippen molar-refractivity contribution in [3.8, 4) is 0 Å². The Hall–Kier alpha value is -1.31. The molecule has 1 heterocycles. The maximum atomic E-state index is 8.92. The third-order valence-electron chi connectivity index (χ3n) is 1.37. The van der Waals surface area contributed by atoms with E-state index in [0.717, 1.165) is 11.1 Å². The molecule has 2 heteroatoms. The molecule has 0 aromatic heterocycles. The SMILES string of the molecule is OC1=CC2=CN=CC2=C1. The lowest BCUT2D eigenvalue weighted by Crippen LogP contribution is -1.74. The zero-order valence-electron chi connectivity index (χ0n) is 4.70. The summed E-state index contributed by atoms with van der Waals surface area (Å²) in [6.07, 6.45) is 6.86. The second kappa shape index (κ2) is 1.35. The molecule has 0 atom stereocenters. The fourth-order valence-corrected chi connectivity index (χ4v) is 0.948. The van der Waals surface area contributed by atoms with Gasteiger partial charge in [-0.15, -0.1) is 0 Å². The molecule has 1 aliphatic carbocycles. The topological polar surface area (TPSA) is 32.6 Å². The van der Waals surface area contributed by atoms with Gasteiger partial charge in [-0.25, -0.2) is 0 Å². The van der Waals surface area contributed by atoms with Crippen molar-refractivity contribution < 1.29 is 5.11 Å². The van der Waals surface area contributed by atoms with E-state index in [-0.39, 0.29) is 0 Å². The van der Waals surface area contributed by atoms with Crippen molar-refractivity contribution in [2.45, 2.75) is 0 Å². The van der Waals surface area contributed by atoms with Crippen molar-refractivity contribution in [2.75, 3.05) is 0 Å². The number of rotatable bonds is 0. The normalized spacial score (nSPS) is 21.1. The molecule has 0 saturated heterocycles. The quantitative estimate of drug-likeness (QED) is 0.512. The number of hydrogen-bond donors (Lipinski definition) is 1. The molecule has 0 aromatic carbocycles. The molecule has 1 N–H and O–H groups in total. The maximum absolute atomic E-state index is 8.92. The minimum atomic E-state index is 0.322. The third-order valence-corrected chi connectivity index (χ3v) is 1.37. The molecule has 2 aliphatic rings. The molecule has 0 amide bonds. The molecule has 0 fully saturated rings. The third kappa shape index (κ3) is 0.528. The van der Waals surface area contributed by atoms with Gasteiger partial charge in [-0.3, -0.25) is 4.99 Å². The van der Waals surface area contributed by atoms with Crippen LogP contribution < -0.4 is 0 Å². The molecule has 0 unspecified atom stereocenters. The zero-order valence-corrected chi connectivity index (χ0v) is 4.70. The molecule has 44 valence electrons. The van der Waals surface area contributed by atoms with Crippen LogP contribution in [-0.2, 0) is 0 Å². The van der Waals surface area contributed by atoms with Crippen LogP contribution in [0.1, 0.15) is 0 Å². The maximum Gasteiger partial charge on any atom is 0.116 e. The van der Waals surface area contributed by atoms with E-state index in [1.54, 1.807) is 24.6 Å². The summed E-state index contributed by atoms with van der Waals surface area (Å²) < 4.78 is 0. The van der Waals surface area contributed by atoms with Crippen molar-refractivity contribution in [3.05, 3.63) is 35.3 Å². The number of aliphatic hydroxyl groups is 1. The molecule has 1 aliphatic heterocycles. The summed E-state index contributed by atoms with van der Waals surface area (Å²) >= 11 is 0. The second-order valence-electron chi connectivity index (χ2n) is 2.03. The molecule has 0 saturated carbocycles. The molecule has 9 heavy (non-hydrogen) atoms. The molecular formula is C7H5NO. The van der Waals surface area contributed by atoms with Gasteiger partial charge in [-0.1, -0.05) is 0 Å². The minimum Gasteiger partial charge on any atom is -0.508 e. The highest BCUT2D eigenvalue weighted by Gasteiger charge is 2.11. The number of hydrogen-bond acceptors (Lipinski definition) is 2. The first-order chi connectivity index (χ1) is 4.36. The van der Waals surface area contributed by atoms with Crippen molar-refractivity contribution >= 4 is 6.21 Å². The summed E-state index contributed by atoms with van der Waals surface area (Å²) in [6.45, 7) is 0. The summed E-state index contributed by atoms with van der Waals surface area (Å²) in [5.41, 5.74) is 2.01. The summed E-state index contributed by atoms with van der Waals surface area (Å²) in [4.78, 5) is 3.89. The van der Waals surface area contributed by atoms with Gasteiger partial charge in [0.2, 0.25) is 0 Å². The van der Waals surface area contributed by atoms with Gasteiger partial charge in [0.1, 0.15) is 5.76 Å². The van der Waals surface area contributed by atoms with Gasteiger partial charge in [0.25, 0.3) is 0 Å². The molecule has 0 radical (unpaired) electrons. The highest BCUT2D eigenvalue weighted by Crippen LogP contribution is 2.23. The lowest BCUT2D eigenvalue weighted by molar-refractivity contribution is 0.434. The summed E-state index contributed by atoms with van der Waals surface area (Å²) in [5, 5.41) is 8.92. The lowest BCUT2D eigenvalue weighted by atomic mass is 10.2. The molecular weight excluding hydrogens is 114 g/mol. The lowest BCUT2D eigenvalue weighted by Gasteiger charge is -1.81. The van der Waals surface area contributed by atoms with Gasteiger partial charge >= 0.3 is 0 Å². The van der Waals surface area contributed by atoms with E-state index < -0.39 is 0 Å². The Morgan fingerprint density at radius 1 is 1.22 bits per heavy atom. The van der Waals surface area contributed by atoms with Gasteiger partial charge < -0.3 is 5.11 Å². The molecule has 2 nitrogen and oxygen atoms in total. The Kier molecular flexibility index (Phi) is 0.681. The number of allylic oxidation sites excluding steroid dienone is 4. The Morgan fingerprint density at radius 2 is 2.11 bits per heavy atom. The molecule has 0 aromatic rings. The summed E-state index contributed by atoms with van der Waals surface area (Å²) in [6, 6.07) is 0. The van der Waals surface area contributed by atoms with Crippen LogP contribution in [0.5, 0.6) is 0 Å². The monoisotopic (exact) mass is 119 g/mol. The van der Waals surface area contributed by atoms with Crippen LogP contribution in [0.25, 0.3) is 0 Å². The van der Waals surface area contributed by atoms with Crippen LogP contribution in [0.15, 0.2) is 40.2 Å². The predicted molar refractivity (Wildman–Crippen MR) is 35.4 cm³/mol. The molecule has 2 rings (SSSR count). The van der Waals surface area contributed by atoms with Crippen molar-refractivity contribution in [2.24, 2.45) is 4.99 Å². The van der Waals surface area contributed by atoms with E-state index in [1.807, 2.05) is 0 Å². The highest BCUT2D eigenvalue weighted by atomic mass is 16.3. The summed E-state index contributed by atoms with van der Waals surface area (Å²) in [7, 11) is 0. The van der Waals surface area contributed by atoms with E-state index >= 15 is 0 Å². The van der Waals surface area contributed by atoms with Gasteiger partial charge in [-0.05, 0) is 12.2 Å². The van der Waals surface area contributed by atoms with Crippen LogP contribution in [0.3, 0.4) is 0 Å². The Labute approximate surface area is 52.5 Å². The Morgan fingerprint density at radius 3 is 2.89 bits per heavy atom. The largest absolute Gasteiger partial charge is 0.508 e. The van der Waals surface area contributed by atoms with Crippen LogP contribution in [0.4, 0.5) is 0 Å². The Balaban J connectivity index is 2.53. The minimum absolute atomic E-state index is 0.322. The first kappa shape index (κ1) is 4.56. The van der Waals surface area contributed by atoms with E-state index in [4.69, 9.17) is 5.11 Å². The average molecular weight is 119 g/mol. The number of nitrogens with zero attached hydrogens (tertiary/aromatic N) is 1. The number of aliphatic imine (C=N–C) groups is 1. The number of aliphatic hydroxyl groups excluding tert-OH is 1. The van der Waals surface area contributed by atoms with Crippen LogP contribution in [-0.4, -0.2) is 11.3 Å². The van der Waals surface area contributed by atoms with Crippen molar-refractivity contribution in [3.63, 3.8) is 0 Å². The van der Waals surface area contributed by atoms with E-state index in [9.17, 15) is 0 Å². The van der Waals surface area contributed by atoms with E-state index in [0.29, 0.717) is 5.76 Å². The van der Waals surface area contributed by atoms with Gasteiger partial charge in [0, 0.05) is 23.6 Å². The van der Waals surface area contributed by atoms with Crippen LogP contribution in [0.2, 0.25) is 0 Å². The van der Waals surface area contributed by atoms with Crippen LogP contribution >= 0.6 is 0 Å². The second-order valence-corrected chi connectivity index (χ2v) is 2.03. The van der Waals surface area contributed by atoms with Crippen molar-refractivity contribution in [1.82, 2.24) is 0 Å². The van der Waals surface area contributed by atoms with Crippen LogP contribution in [0, 0.1) is 0 Å². The average Bonchev–Trinajstić information content (AvgIpc) is 2.22. The van der Waals surface area contributed by atoms with E-state index in [2.05, 4.69) is 4.99 Å². The standard InChI is InChI=1S/C7H5NO/c9-7-1-5-3-8-4-6(5)2-7/h1-4,9H. The van der Waals surface area contributed by atoms with Crippen molar-refractivity contribution in [1.29, 1.82) is 0 Å². The fraction of sp³-hybridized carbons (Fsp3) is 0. The smallest absolute Gasteiger partial charge is 0.116 e. The highest BCUT2D eigenvalue weighted by molar-refractivity contribution is 5.91. The predicted octanol–water partition coefficient (Wildman–Crippen LogP) is 1.34. The molecule has 0 spiro atoms. The van der Waals surface area contributed by atoms with E-state index in [1.165, 1.54) is 0 Å².